The van der Waals surface area contributed by atoms with Gasteiger partial charge in [0.15, 0.2) is 0 Å². The number of hydrogen-bond acceptors (Lipinski definition) is 2. The Kier molecular flexibility index (Phi) is 1.73. The van der Waals surface area contributed by atoms with Crippen LogP contribution >= 0.6 is 0 Å². The van der Waals surface area contributed by atoms with Gasteiger partial charge in [-0.05, 0) is 23.8 Å². The average Bonchev–Trinajstić information content (AvgIpc) is 2.43. The topological polar surface area (TPSA) is 29.5 Å². The van der Waals surface area contributed by atoms with Crippen LogP contribution < -0.4 is 4.74 Å². The molecule has 0 aromatic heterocycles. The average molecular weight is 234 g/mol. The fraction of sp³-hybridized carbons (Fsp3) is 0. The molecule has 0 radical (unpaired) electrons. The summed E-state index contributed by atoms with van der Waals surface area (Å²) >= 11 is 0. The summed E-state index contributed by atoms with van der Waals surface area (Å²) in [5.41, 5.74) is 2.18. The van der Waals surface area contributed by atoms with Crippen molar-refractivity contribution in [1.82, 2.24) is 0 Å². The summed E-state index contributed by atoms with van der Waals surface area (Å²) in [5.74, 6) is 1.96. The standard InChI is InChI=1S/C16H10O2/c17-13-8-9-15-16-11(5-3-6-12(13)16)10-4-1-2-7-14(10)18-15/h1-9,17H. The van der Waals surface area contributed by atoms with E-state index in [0.717, 1.165) is 33.4 Å². The zero-order valence-corrected chi connectivity index (χ0v) is 9.55. The molecule has 18 heavy (non-hydrogen) atoms. The third-order valence-corrected chi connectivity index (χ3v) is 3.38. The Hall–Kier alpha value is -2.48. The van der Waals surface area contributed by atoms with E-state index in [2.05, 4.69) is 6.07 Å². The molecule has 0 unspecified atom stereocenters. The Balaban J connectivity index is 2.22. The maximum atomic E-state index is 9.93. The molecular weight excluding hydrogens is 224 g/mol. The first-order valence-corrected chi connectivity index (χ1v) is 5.86. The molecule has 1 heterocycles. The minimum Gasteiger partial charge on any atom is -0.507 e. The van der Waals surface area contributed by atoms with Crippen molar-refractivity contribution in [1.29, 1.82) is 0 Å². The summed E-state index contributed by atoms with van der Waals surface area (Å²) in [5, 5.41) is 11.7. The lowest BCUT2D eigenvalue weighted by Gasteiger charge is -2.21. The van der Waals surface area contributed by atoms with Gasteiger partial charge in [0.2, 0.25) is 0 Å². The summed E-state index contributed by atoms with van der Waals surface area (Å²) in [6.45, 7) is 0. The molecule has 0 saturated heterocycles. The van der Waals surface area contributed by atoms with Crippen LogP contribution in [0.5, 0.6) is 17.2 Å². The fourth-order valence-electron chi connectivity index (χ4n) is 2.57. The van der Waals surface area contributed by atoms with Crippen LogP contribution in [0.3, 0.4) is 0 Å². The number of hydrogen-bond donors (Lipinski definition) is 1. The van der Waals surface area contributed by atoms with Gasteiger partial charge in [0.25, 0.3) is 0 Å². The molecule has 86 valence electrons. The number of phenols is 1. The zero-order valence-electron chi connectivity index (χ0n) is 9.55. The van der Waals surface area contributed by atoms with Gasteiger partial charge in [-0.2, -0.15) is 0 Å². The highest BCUT2D eigenvalue weighted by atomic mass is 16.5. The highest BCUT2D eigenvalue weighted by Gasteiger charge is 2.20. The van der Waals surface area contributed by atoms with Crippen LogP contribution in [0.15, 0.2) is 54.6 Å². The monoisotopic (exact) mass is 234 g/mol. The molecule has 0 spiro atoms. The molecule has 0 aliphatic carbocycles. The van der Waals surface area contributed by atoms with Gasteiger partial charge in [0, 0.05) is 16.3 Å². The molecule has 0 atom stereocenters. The molecule has 3 aromatic rings. The van der Waals surface area contributed by atoms with E-state index in [-0.39, 0.29) is 0 Å². The van der Waals surface area contributed by atoms with E-state index < -0.39 is 0 Å². The molecular formula is C16H10O2. The first-order chi connectivity index (χ1) is 8.84. The van der Waals surface area contributed by atoms with Crippen LogP contribution in [0, 0.1) is 0 Å². The van der Waals surface area contributed by atoms with Crippen LogP contribution in [0.4, 0.5) is 0 Å². The number of ether oxygens (including phenoxy) is 1. The molecule has 2 heteroatoms. The molecule has 1 N–H and O–H groups in total. The van der Waals surface area contributed by atoms with Crippen LogP contribution in [0.25, 0.3) is 21.9 Å². The quantitative estimate of drug-likeness (QED) is 0.491. The minimum absolute atomic E-state index is 0.290. The number of phenolic OH excluding ortho intramolecular Hbond substituents is 1. The first kappa shape index (κ1) is 9.54. The lowest BCUT2D eigenvalue weighted by Crippen LogP contribution is -1.96. The number of fused-ring (bicyclic) bond motifs is 2. The van der Waals surface area contributed by atoms with Crippen molar-refractivity contribution in [3.63, 3.8) is 0 Å². The van der Waals surface area contributed by atoms with Crippen molar-refractivity contribution in [2.75, 3.05) is 0 Å². The third-order valence-electron chi connectivity index (χ3n) is 3.38. The molecule has 3 aromatic carbocycles. The number of aromatic hydroxyl groups is 1. The molecule has 0 bridgehead atoms. The maximum Gasteiger partial charge on any atom is 0.136 e. The van der Waals surface area contributed by atoms with E-state index in [1.807, 2.05) is 42.5 Å². The predicted octanol–water partition coefficient (Wildman–Crippen LogP) is 4.32. The van der Waals surface area contributed by atoms with Gasteiger partial charge in [-0.25, -0.2) is 0 Å². The Morgan fingerprint density at radius 2 is 1.56 bits per heavy atom. The van der Waals surface area contributed by atoms with Crippen LogP contribution in [-0.2, 0) is 0 Å². The third kappa shape index (κ3) is 1.12. The van der Waals surface area contributed by atoms with Crippen LogP contribution in [0.2, 0.25) is 0 Å². The van der Waals surface area contributed by atoms with Gasteiger partial charge in [-0.15, -0.1) is 0 Å². The van der Waals surface area contributed by atoms with Crippen molar-refractivity contribution >= 4 is 10.8 Å². The highest BCUT2D eigenvalue weighted by molar-refractivity contribution is 6.06. The van der Waals surface area contributed by atoms with E-state index in [1.54, 1.807) is 6.07 Å². The van der Waals surface area contributed by atoms with Gasteiger partial charge in [-0.1, -0.05) is 36.4 Å². The van der Waals surface area contributed by atoms with Crippen molar-refractivity contribution in [3.05, 3.63) is 54.6 Å². The lowest BCUT2D eigenvalue weighted by molar-refractivity contribution is 0.472. The highest BCUT2D eigenvalue weighted by Crippen LogP contribution is 2.47. The van der Waals surface area contributed by atoms with E-state index in [9.17, 15) is 5.11 Å². The molecule has 0 fully saturated rings. The summed E-state index contributed by atoms with van der Waals surface area (Å²) in [4.78, 5) is 0. The summed E-state index contributed by atoms with van der Waals surface area (Å²) in [6, 6.07) is 17.4. The van der Waals surface area contributed by atoms with Gasteiger partial charge in [0.05, 0.1) is 0 Å². The second kappa shape index (κ2) is 3.26. The predicted molar refractivity (Wildman–Crippen MR) is 71.1 cm³/mol. The van der Waals surface area contributed by atoms with E-state index in [4.69, 9.17) is 4.74 Å². The van der Waals surface area contributed by atoms with E-state index >= 15 is 0 Å². The Bertz CT molecular complexity index is 775. The molecule has 1 aliphatic rings. The van der Waals surface area contributed by atoms with Crippen LogP contribution in [-0.4, -0.2) is 5.11 Å². The SMILES string of the molecule is Oc1ccc2c3c(cccc13)-c1ccccc1O2. The summed E-state index contributed by atoms with van der Waals surface area (Å²) < 4.78 is 5.89. The Morgan fingerprint density at radius 1 is 0.722 bits per heavy atom. The largest absolute Gasteiger partial charge is 0.507 e. The molecule has 4 rings (SSSR count). The lowest BCUT2D eigenvalue weighted by atomic mass is 9.94. The van der Waals surface area contributed by atoms with Crippen molar-refractivity contribution in [2.45, 2.75) is 0 Å². The smallest absolute Gasteiger partial charge is 0.136 e. The van der Waals surface area contributed by atoms with E-state index in [1.165, 1.54) is 0 Å². The molecule has 0 amide bonds. The van der Waals surface area contributed by atoms with Crippen molar-refractivity contribution in [2.24, 2.45) is 0 Å². The Labute approximate surface area is 104 Å². The first-order valence-electron chi connectivity index (χ1n) is 5.86. The van der Waals surface area contributed by atoms with Crippen molar-refractivity contribution < 1.29 is 9.84 Å². The molecule has 0 saturated carbocycles. The van der Waals surface area contributed by atoms with Crippen molar-refractivity contribution in [3.8, 4) is 28.4 Å². The fourth-order valence-corrected chi connectivity index (χ4v) is 2.57. The van der Waals surface area contributed by atoms with Crippen LogP contribution in [0.1, 0.15) is 0 Å². The molecule has 1 aliphatic heterocycles. The van der Waals surface area contributed by atoms with Gasteiger partial charge in [-0.3, -0.25) is 0 Å². The summed E-state index contributed by atoms with van der Waals surface area (Å²) in [6.07, 6.45) is 0. The van der Waals surface area contributed by atoms with E-state index in [0.29, 0.717) is 5.75 Å². The number of rotatable bonds is 0. The summed E-state index contributed by atoms with van der Waals surface area (Å²) in [7, 11) is 0. The van der Waals surface area contributed by atoms with Gasteiger partial charge < -0.3 is 9.84 Å². The second-order valence-corrected chi connectivity index (χ2v) is 4.41. The minimum atomic E-state index is 0.290. The number of benzene rings is 3. The van der Waals surface area contributed by atoms with Gasteiger partial charge >= 0.3 is 0 Å². The van der Waals surface area contributed by atoms with Gasteiger partial charge in [0.1, 0.15) is 17.2 Å². The second-order valence-electron chi connectivity index (χ2n) is 4.41. The maximum absolute atomic E-state index is 9.93. The number of para-hydroxylation sites is 1. The zero-order chi connectivity index (χ0) is 12.1. The molecule has 2 nitrogen and oxygen atoms in total. The Morgan fingerprint density at radius 3 is 2.50 bits per heavy atom. The normalized spacial score (nSPS) is 12.0.